The van der Waals surface area contributed by atoms with Crippen molar-refractivity contribution in [2.75, 3.05) is 6.26 Å². The average Bonchev–Trinajstić information content (AvgIpc) is 2.99. The average molecular weight is 313 g/mol. The van der Waals surface area contributed by atoms with E-state index in [2.05, 4.69) is 9.97 Å². The van der Waals surface area contributed by atoms with Crippen molar-refractivity contribution >= 4 is 28.6 Å². The molecule has 0 saturated heterocycles. The molecule has 1 aromatic carbocycles. The number of hydrogen-bond acceptors (Lipinski definition) is 4. The van der Waals surface area contributed by atoms with Crippen LogP contribution in [0.4, 0.5) is 0 Å². The lowest BCUT2D eigenvalue weighted by Gasteiger charge is -2.06. The van der Waals surface area contributed by atoms with Crippen LogP contribution in [0.1, 0.15) is 23.0 Å². The number of thioether (sulfide) groups is 1. The second-order valence-electron chi connectivity index (χ2n) is 4.79. The van der Waals surface area contributed by atoms with Crippen LogP contribution in [-0.2, 0) is 6.54 Å². The topological polar surface area (TPSA) is 67.8 Å². The van der Waals surface area contributed by atoms with Gasteiger partial charge in [-0.1, -0.05) is 42.1 Å². The van der Waals surface area contributed by atoms with Crippen molar-refractivity contribution in [3.8, 4) is 0 Å². The number of rotatable bonds is 4. The highest BCUT2D eigenvalue weighted by Crippen LogP contribution is 2.17. The minimum Gasteiger partial charge on any atom is -0.336 e. The first-order valence-corrected chi connectivity index (χ1v) is 8.15. The summed E-state index contributed by atoms with van der Waals surface area (Å²) in [6.45, 7) is 2.45. The number of nitrogens with zero attached hydrogens (tertiary/aromatic N) is 2. The largest absolute Gasteiger partial charge is 0.336 e. The van der Waals surface area contributed by atoms with E-state index in [1.165, 1.54) is 11.8 Å². The van der Waals surface area contributed by atoms with E-state index in [1.807, 2.05) is 31.4 Å². The number of aromatic nitrogens is 3. The number of aromatic amines is 1. The van der Waals surface area contributed by atoms with Crippen LogP contribution in [0.25, 0.3) is 11.0 Å². The van der Waals surface area contributed by atoms with Crippen LogP contribution >= 0.6 is 11.8 Å². The minimum absolute atomic E-state index is 0.125. The maximum Gasteiger partial charge on any atom is 0.263 e. The van der Waals surface area contributed by atoms with Crippen LogP contribution in [0.2, 0.25) is 0 Å². The van der Waals surface area contributed by atoms with Crippen molar-refractivity contribution < 1.29 is 4.79 Å². The lowest BCUT2D eigenvalue weighted by Crippen LogP contribution is -2.21. The Balaban J connectivity index is 2.16. The van der Waals surface area contributed by atoms with Crippen LogP contribution in [0.15, 0.2) is 46.3 Å². The summed E-state index contributed by atoms with van der Waals surface area (Å²) in [4.78, 5) is 32.4. The molecule has 22 heavy (non-hydrogen) atoms. The Bertz CT molecular complexity index is 897. The van der Waals surface area contributed by atoms with E-state index in [-0.39, 0.29) is 11.3 Å². The van der Waals surface area contributed by atoms with E-state index in [0.29, 0.717) is 34.0 Å². The molecule has 2 aromatic heterocycles. The molecule has 0 aliphatic carbocycles. The van der Waals surface area contributed by atoms with E-state index in [0.717, 1.165) is 0 Å². The monoisotopic (exact) mass is 313 g/mol. The predicted octanol–water partition coefficient (Wildman–Crippen LogP) is 2.70. The Hall–Kier alpha value is -2.34. The molecule has 3 aromatic rings. The quantitative estimate of drug-likeness (QED) is 0.457. The third-order valence-electron chi connectivity index (χ3n) is 3.49. The number of fused-ring (bicyclic) bond motifs is 1. The zero-order valence-corrected chi connectivity index (χ0v) is 13.1. The first-order chi connectivity index (χ1) is 10.7. The highest BCUT2D eigenvalue weighted by molar-refractivity contribution is 7.98. The normalized spacial score (nSPS) is 11.0. The molecular weight excluding hydrogens is 298 g/mol. The summed E-state index contributed by atoms with van der Waals surface area (Å²) in [7, 11) is 0. The summed E-state index contributed by atoms with van der Waals surface area (Å²) < 4.78 is 1.61. The zero-order valence-electron chi connectivity index (χ0n) is 12.3. The summed E-state index contributed by atoms with van der Waals surface area (Å²) in [5, 5.41) is 1.08. The molecule has 2 heterocycles. The predicted molar refractivity (Wildman–Crippen MR) is 87.7 cm³/mol. The second-order valence-corrected chi connectivity index (χ2v) is 5.56. The van der Waals surface area contributed by atoms with Crippen molar-refractivity contribution in [3.63, 3.8) is 0 Å². The van der Waals surface area contributed by atoms with Gasteiger partial charge in [0.05, 0.1) is 11.1 Å². The molecule has 3 rings (SSSR count). The fourth-order valence-corrected chi connectivity index (χ4v) is 3.00. The highest BCUT2D eigenvalue weighted by atomic mass is 32.2. The van der Waals surface area contributed by atoms with Gasteiger partial charge in [-0.25, -0.2) is 4.98 Å². The van der Waals surface area contributed by atoms with Crippen molar-refractivity contribution in [2.24, 2.45) is 0 Å². The van der Waals surface area contributed by atoms with E-state index in [1.54, 1.807) is 22.8 Å². The SMILES string of the molecule is CCn1c(SC)nc2[nH]c(C(=O)c3ccccc3)cc2c1=O. The van der Waals surface area contributed by atoms with Crippen LogP contribution < -0.4 is 5.56 Å². The van der Waals surface area contributed by atoms with Gasteiger partial charge in [0.25, 0.3) is 5.56 Å². The molecule has 112 valence electrons. The van der Waals surface area contributed by atoms with E-state index >= 15 is 0 Å². The van der Waals surface area contributed by atoms with E-state index in [4.69, 9.17) is 0 Å². The number of carbonyl (C=O) groups excluding carboxylic acids is 1. The van der Waals surface area contributed by atoms with Gasteiger partial charge < -0.3 is 4.98 Å². The van der Waals surface area contributed by atoms with Gasteiger partial charge in [-0.05, 0) is 19.2 Å². The van der Waals surface area contributed by atoms with Crippen molar-refractivity contribution in [1.29, 1.82) is 0 Å². The van der Waals surface area contributed by atoms with E-state index in [9.17, 15) is 9.59 Å². The van der Waals surface area contributed by atoms with Crippen LogP contribution in [-0.4, -0.2) is 26.6 Å². The van der Waals surface area contributed by atoms with Crippen molar-refractivity contribution in [3.05, 3.63) is 58.0 Å². The Labute approximate surface area is 131 Å². The first-order valence-electron chi connectivity index (χ1n) is 6.93. The molecule has 0 spiro atoms. The summed E-state index contributed by atoms with van der Waals surface area (Å²) in [6.07, 6.45) is 1.87. The minimum atomic E-state index is -0.147. The van der Waals surface area contributed by atoms with Crippen LogP contribution in [0, 0.1) is 0 Å². The van der Waals surface area contributed by atoms with Crippen LogP contribution in [0.5, 0.6) is 0 Å². The summed E-state index contributed by atoms with van der Waals surface area (Å²) in [5.74, 6) is -0.147. The third-order valence-corrected chi connectivity index (χ3v) is 4.17. The molecule has 6 heteroatoms. The Morgan fingerprint density at radius 2 is 2.05 bits per heavy atom. The van der Waals surface area contributed by atoms with Crippen molar-refractivity contribution in [1.82, 2.24) is 14.5 Å². The summed E-state index contributed by atoms with van der Waals surface area (Å²) in [6, 6.07) is 10.6. The molecule has 5 nitrogen and oxygen atoms in total. The third kappa shape index (κ3) is 2.35. The maximum absolute atomic E-state index is 12.5. The van der Waals surface area contributed by atoms with Gasteiger partial charge in [-0.15, -0.1) is 0 Å². The van der Waals surface area contributed by atoms with Gasteiger partial charge >= 0.3 is 0 Å². The standard InChI is InChI=1S/C16H15N3O2S/c1-3-19-15(21)11-9-12(17-14(11)18-16(19)22-2)13(20)10-7-5-4-6-8-10/h4-9,17H,3H2,1-2H3. The van der Waals surface area contributed by atoms with Crippen molar-refractivity contribution in [2.45, 2.75) is 18.6 Å². The number of benzene rings is 1. The molecule has 0 unspecified atom stereocenters. The van der Waals surface area contributed by atoms with Gasteiger partial charge in [-0.2, -0.15) is 0 Å². The Morgan fingerprint density at radius 3 is 2.68 bits per heavy atom. The number of ketones is 1. The van der Waals surface area contributed by atoms with Gasteiger partial charge in [0.2, 0.25) is 5.78 Å². The Kier molecular flexibility index (Phi) is 3.85. The number of hydrogen-bond donors (Lipinski definition) is 1. The maximum atomic E-state index is 12.5. The highest BCUT2D eigenvalue weighted by Gasteiger charge is 2.16. The molecule has 0 aliphatic heterocycles. The lowest BCUT2D eigenvalue weighted by atomic mass is 10.1. The number of H-pyrrole nitrogens is 1. The molecule has 0 fully saturated rings. The summed E-state index contributed by atoms with van der Waals surface area (Å²) in [5.41, 5.74) is 1.29. The lowest BCUT2D eigenvalue weighted by molar-refractivity contribution is 0.103. The molecule has 0 saturated carbocycles. The number of nitrogens with one attached hydrogen (secondary N) is 1. The molecule has 0 aliphatic rings. The van der Waals surface area contributed by atoms with Gasteiger partial charge in [0.15, 0.2) is 5.16 Å². The molecule has 0 amide bonds. The fraction of sp³-hybridized carbons (Fsp3) is 0.188. The van der Waals surface area contributed by atoms with Gasteiger partial charge in [0, 0.05) is 12.1 Å². The summed E-state index contributed by atoms with van der Waals surface area (Å²) >= 11 is 1.41. The molecular formula is C16H15N3O2S. The number of carbonyl (C=O) groups is 1. The van der Waals surface area contributed by atoms with Gasteiger partial charge in [-0.3, -0.25) is 14.2 Å². The molecule has 0 bridgehead atoms. The molecule has 0 radical (unpaired) electrons. The fourth-order valence-electron chi connectivity index (χ4n) is 2.39. The van der Waals surface area contributed by atoms with Gasteiger partial charge in [0.1, 0.15) is 5.65 Å². The van der Waals surface area contributed by atoms with Crippen LogP contribution in [0.3, 0.4) is 0 Å². The molecule has 0 atom stereocenters. The molecule has 1 N–H and O–H groups in total. The first kappa shape index (κ1) is 14.6. The zero-order chi connectivity index (χ0) is 15.7. The smallest absolute Gasteiger partial charge is 0.263 e. The Morgan fingerprint density at radius 1 is 1.32 bits per heavy atom. The second kappa shape index (κ2) is 5.81. The van der Waals surface area contributed by atoms with E-state index < -0.39 is 0 Å².